The van der Waals surface area contributed by atoms with Crippen LogP contribution in [0.15, 0.2) is 47.4 Å². The summed E-state index contributed by atoms with van der Waals surface area (Å²) in [6, 6.07) is 9.71. The highest BCUT2D eigenvalue weighted by Gasteiger charge is 2.26. The number of carbonyl (C=O) groups excluding carboxylic acids is 1. The van der Waals surface area contributed by atoms with Gasteiger partial charge in [0, 0.05) is 24.3 Å². The van der Waals surface area contributed by atoms with Crippen LogP contribution in [0, 0.1) is 5.82 Å². The van der Waals surface area contributed by atoms with Crippen molar-refractivity contribution < 1.29 is 17.6 Å². The lowest BCUT2D eigenvalue weighted by Gasteiger charge is -2.26. The lowest BCUT2D eigenvalue weighted by atomic mass is 10.2. The summed E-state index contributed by atoms with van der Waals surface area (Å²) in [6.07, 6.45) is 2.70. The fraction of sp³-hybridized carbons (Fsp3) is 0.278. The molecule has 1 fully saturated rings. The number of nitrogens with zero attached hydrogens (tertiary/aromatic N) is 1. The molecular weight excluding hydrogens is 379 g/mol. The van der Waals surface area contributed by atoms with E-state index in [1.165, 1.54) is 40.7 Å². The maximum absolute atomic E-state index is 13.2. The second-order valence-corrected chi connectivity index (χ2v) is 8.42. The topological polar surface area (TPSA) is 66.5 Å². The maximum Gasteiger partial charge on any atom is 0.255 e. The normalized spacial score (nSPS) is 15.6. The first-order valence-corrected chi connectivity index (χ1v) is 10.1. The predicted octanol–water partition coefficient (Wildman–Crippen LogP) is 3.91. The number of piperidine rings is 1. The second-order valence-electron chi connectivity index (χ2n) is 6.08. The van der Waals surface area contributed by atoms with E-state index in [9.17, 15) is 17.6 Å². The summed E-state index contributed by atoms with van der Waals surface area (Å²) in [4.78, 5) is 12.5. The second kappa shape index (κ2) is 7.73. The molecule has 0 radical (unpaired) electrons. The van der Waals surface area contributed by atoms with E-state index in [1.54, 1.807) is 0 Å². The van der Waals surface area contributed by atoms with Crippen LogP contribution in [-0.4, -0.2) is 31.7 Å². The van der Waals surface area contributed by atoms with Gasteiger partial charge in [-0.05, 0) is 49.2 Å². The highest BCUT2D eigenvalue weighted by molar-refractivity contribution is 7.89. The molecule has 2 aromatic rings. The van der Waals surface area contributed by atoms with Gasteiger partial charge in [-0.3, -0.25) is 4.79 Å². The Kier molecular flexibility index (Phi) is 5.60. The monoisotopic (exact) mass is 396 g/mol. The minimum Gasteiger partial charge on any atom is -0.322 e. The molecule has 5 nitrogen and oxygen atoms in total. The Morgan fingerprint density at radius 3 is 2.50 bits per heavy atom. The maximum atomic E-state index is 13.2. The molecule has 0 aromatic heterocycles. The highest BCUT2D eigenvalue weighted by atomic mass is 35.5. The Balaban J connectivity index is 1.82. The number of benzene rings is 2. The Labute approximate surface area is 156 Å². The number of rotatable bonds is 4. The molecule has 3 rings (SSSR count). The van der Waals surface area contributed by atoms with Gasteiger partial charge >= 0.3 is 0 Å². The SMILES string of the molecule is O=C(Nc1ccc(F)c(Cl)c1)c1cccc(S(=O)(=O)N2CCCCC2)c1. The van der Waals surface area contributed by atoms with Gasteiger partial charge in [0.15, 0.2) is 0 Å². The summed E-state index contributed by atoms with van der Waals surface area (Å²) < 4.78 is 40.1. The largest absolute Gasteiger partial charge is 0.322 e. The predicted molar refractivity (Wildman–Crippen MR) is 98.4 cm³/mol. The molecule has 0 bridgehead atoms. The summed E-state index contributed by atoms with van der Waals surface area (Å²) in [5, 5.41) is 2.48. The van der Waals surface area contributed by atoms with E-state index in [0.29, 0.717) is 18.8 Å². The molecule has 0 unspecified atom stereocenters. The van der Waals surface area contributed by atoms with Crippen molar-refractivity contribution in [2.45, 2.75) is 24.2 Å². The van der Waals surface area contributed by atoms with Crippen molar-refractivity contribution in [2.75, 3.05) is 18.4 Å². The fourth-order valence-electron chi connectivity index (χ4n) is 2.83. The number of nitrogens with one attached hydrogen (secondary N) is 1. The summed E-state index contributed by atoms with van der Waals surface area (Å²) in [7, 11) is -3.62. The molecule has 138 valence electrons. The van der Waals surface area contributed by atoms with Gasteiger partial charge in [-0.15, -0.1) is 0 Å². The first-order chi connectivity index (χ1) is 12.4. The Morgan fingerprint density at radius 2 is 1.81 bits per heavy atom. The van der Waals surface area contributed by atoms with E-state index in [4.69, 9.17) is 11.6 Å². The number of amides is 1. The summed E-state index contributed by atoms with van der Waals surface area (Å²) in [6.45, 7) is 0.986. The van der Waals surface area contributed by atoms with Crippen molar-refractivity contribution in [2.24, 2.45) is 0 Å². The van der Waals surface area contributed by atoms with Gasteiger partial charge in [0.25, 0.3) is 5.91 Å². The van der Waals surface area contributed by atoms with Crippen LogP contribution in [0.3, 0.4) is 0 Å². The highest BCUT2D eigenvalue weighted by Crippen LogP contribution is 2.23. The van der Waals surface area contributed by atoms with Crippen LogP contribution in [0.2, 0.25) is 5.02 Å². The zero-order chi connectivity index (χ0) is 18.7. The first-order valence-electron chi connectivity index (χ1n) is 8.24. The Bertz CT molecular complexity index is 928. The Hall–Kier alpha value is -1.96. The van der Waals surface area contributed by atoms with Crippen LogP contribution < -0.4 is 5.32 Å². The molecular formula is C18H18ClFN2O3S. The van der Waals surface area contributed by atoms with Gasteiger partial charge in [-0.1, -0.05) is 24.1 Å². The van der Waals surface area contributed by atoms with E-state index >= 15 is 0 Å². The molecule has 26 heavy (non-hydrogen) atoms. The molecule has 1 heterocycles. The molecule has 1 N–H and O–H groups in total. The zero-order valence-corrected chi connectivity index (χ0v) is 15.5. The van der Waals surface area contributed by atoms with Crippen LogP contribution >= 0.6 is 11.6 Å². The van der Waals surface area contributed by atoms with Crippen molar-refractivity contribution in [3.05, 3.63) is 58.9 Å². The summed E-state index contributed by atoms with van der Waals surface area (Å²) in [5.41, 5.74) is 0.522. The van der Waals surface area contributed by atoms with Gasteiger partial charge < -0.3 is 5.32 Å². The van der Waals surface area contributed by atoms with E-state index in [0.717, 1.165) is 25.3 Å². The Morgan fingerprint density at radius 1 is 1.08 bits per heavy atom. The summed E-state index contributed by atoms with van der Waals surface area (Å²) >= 11 is 5.70. The molecule has 1 aliphatic rings. The third-order valence-corrected chi connectivity index (χ3v) is 6.41. The van der Waals surface area contributed by atoms with Gasteiger partial charge in [0.2, 0.25) is 10.0 Å². The molecule has 0 spiro atoms. The third-order valence-electron chi connectivity index (χ3n) is 4.23. The van der Waals surface area contributed by atoms with Gasteiger partial charge in [0.1, 0.15) is 5.82 Å². The first kappa shape index (κ1) is 18.8. The van der Waals surface area contributed by atoms with E-state index in [1.807, 2.05) is 0 Å². The number of carbonyl (C=O) groups is 1. The van der Waals surface area contributed by atoms with Crippen molar-refractivity contribution in [3.8, 4) is 0 Å². The van der Waals surface area contributed by atoms with Crippen LogP contribution in [-0.2, 0) is 10.0 Å². The molecule has 0 saturated carbocycles. The average Bonchev–Trinajstić information content (AvgIpc) is 2.65. The quantitative estimate of drug-likeness (QED) is 0.852. The third kappa shape index (κ3) is 4.06. The fourth-order valence-corrected chi connectivity index (χ4v) is 4.57. The molecule has 1 aliphatic heterocycles. The molecule has 0 atom stereocenters. The molecule has 1 saturated heterocycles. The lowest BCUT2D eigenvalue weighted by molar-refractivity contribution is 0.102. The minimum absolute atomic E-state index is 0.0872. The number of hydrogen-bond acceptors (Lipinski definition) is 3. The molecule has 8 heteroatoms. The molecule has 0 aliphatic carbocycles. The standard InChI is InChI=1S/C18H18ClFN2O3S/c19-16-12-14(7-8-17(16)20)21-18(23)13-5-4-6-15(11-13)26(24,25)22-9-2-1-3-10-22/h4-8,11-12H,1-3,9-10H2,(H,21,23). The van der Waals surface area contributed by atoms with Gasteiger partial charge in [0.05, 0.1) is 9.92 Å². The van der Waals surface area contributed by atoms with Gasteiger partial charge in [-0.25, -0.2) is 12.8 Å². The lowest BCUT2D eigenvalue weighted by Crippen LogP contribution is -2.35. The summed E-state index contributed by atoms with van der Waals surface area (Å²) in [5.74, 6) is -1.08. The van der Waals surface area contributed by atoms with E-state index < -0.39 is 21.7 Å². The van der Waals surface area contributed by atoms with Crippen molar-refractivity contribution in [1.82, 2.24) is 4.31 Å². The zero-order valence-electron chi connectivity index (χ0n) is 13.9. The molecule has 1 amide bonds. The van der Waals surface area contributed by atoms with Crippen molar-refractivity contribution >= 4 is 33.2 Å². The van der Waals surface area contributed by atoms with Crippen molar-refractivity contribution in [3.63, 3.8) is 0 Å². The minimum atomic E-state index is -3.62. The number of anilines is 1. The smallest absolute Gasteiger partial charge is 0.255 e. The van der Waals surface area contributed by atoms with E-state index in [2.05, 4.69) is 5.32 Å². The molecule has 2 aromatic carbocycles. The van der Waals surface area contributed by atoms with Crippen LogP contribution in [0.5, 0.6) is 0 Å². The van der Waals surface area contributed by atoms with Crippen LogP contribution in [0.1, 0.15) is 29.6 Å². The van der Waals surface area contributed by atoms with E-state index in [-0.39, 0.29) is 15.5 Å². The number of sulfonamides is 1. The van der Waals surface area contributed by atoms with Crippen molar-refractivity contribution in [1.29, 1.82) is 0 Å². The average molecular weight is 397 g/mol. The van der Waals surface area contributed by atoms with Crippen LogP contribution in [0.25, 0.3) is 0 Å². The number of halogens is 2. The van der Waals surface area contributed by atoms with Crippen LogP contribution in [0.4, 0.5) is 10.1 Å². The number of hydrogen-bond donors (Lipinski definition) is 1. The van der Waals surface area contributed by atoms with Gasteiger partial charge in [-0.2, -0.15) is 4.31 Å².